The second-order valence-electron chi connectivity index (χ2n) is 10.0. The van der Waals surface area contributed by atoms with Gasteiger partial charge < -0.3 is 14.8 Å². The molecular weight excluding hydrogens is 408 g/mol. The number of piperazine rings is 1. The van der Waals surface area contributed by atoms with Crippen LogP contribution in [0, 0.1) is 11.8 Å². The lowest BCUT2D eigenvalue weighted by atomic mass is 9.95. The minimum absolute atomic E-state index is 0.0662. The van der Waals surface area contributed by atoms with Crippen LogP contribution in [-0.2, 0) is 6.42 Å². The van der Waals surface area contributed by atoms with Crippen molar-refractivity contribution in [1.82, 2.24) is 19.8 Å². The zero-order valence-corrected chi connectivity index (χ0v) is 19.1. The minimum atomic E-state index is 0.0662. The zero-order valence-electron chi connectivity index (χ0n) is 19.1. The van der Waals surface area contributed by atoms with Gasteiger partial charge >= 0.3 is 0 Å². The first-order valence-corrected chi connectivity index (χ1v) is 12.5. The van der Waals surface area contributed by atoms with Crippen LogP contribution in [0.3, 0.4) is 0 Å². The van der Waals surface area contributed by atoms with Gasteiger partial charge in [-0.25, -0.2) is 4.98 Å². The van der Waals surface area contributed by atoms with Crippen LogP contribution >= 0.6 is 0 Å². The van der Waals surface area contributed by atoms with Gasteiger partial charge in [0, 0.05) is 43.5 Å². The summed E-state index contributed by atoms with van der Waals surface area (Å²) in [6.07, 6.45) is 8.15. The molecule has 2 aromatic carbocycles. The molecule has 0 spiro atoms. The number of hydrogen-bond donors (Lipinski definition) is 1. The summed E-state index contributed by atoms with van der Waals surface area (Å²) < 4.78 is 2.35. The smallest absolute Gasteiger partial charge is 0.274 e. The van der Waals surface area contributed by atoms with E-state index in [1.54, 1.807) is 0 Å². The van der Waals surface area contributed by atoms with Gasteiger partial charge in [-0.05, 0) is 43.1 Å². The Labute approximate surface area is 195 Å². The van der Waals surface area contributed by atoms with Gasteiger partial charge in [0.05, 0.1) is 0 Å². The summed E-state index contributed by atoms with van der Waals surface area (Å²) in [6, 6.07) is 21.5. The molecule has 3 aliphatic rings. The van der Waals surface area contributed by atoms with Crippen molar-refractivity contribution in [2.45, 2.75) is 44.2 Å². The van der Waals surface area contributed by atoms with Gasteiger partial charge in [-0.2, -0.15) is 0 Å². The molecule has 1 aromatic heterocycles. The number of rotatable bonds is 5. The number of benzene rings is 2. The van der Waals surface area contributed by atoms with Gasteiger partial charge in [-0.1, -0.05) is 67.1 Å². The highest BCUT2D eigenvalue weighted by atomic mass is 16.2. The SMILES string of the molecule is O=C(c1cn([C@@H]2CC3CCC2C3)c(-c2ccccc2)n1)N1CCNC[C@H]1Cc1ccccc1. The first-order chi connectivity index (χ1) is 16.3. The van der Waals surface area contributed by atoms with Gasteiger partial charge in [0.25, 0.3) is 5.91 Å². The van der Waals surface area contributed by atoms with E-state index in [1.807, 2.05) is 17.0 Å². The van der Waals surface area contributed by atoms with E-state index in [2.05, 4.69) is 64.6 Å². The Kier molecular flexibility index (Phi) is 5.50. The topological polar surface area (TPSA) is 50.2 Å². The van der Waals surface area contributed by atoms with Crippen molar-refractivity contribution >= 4 is 5.91 Å². The summed E-state index contributed by atoms with van der Waals surface area (Å²) in [7, 11) is 0. The lowest BCUT2D eigenvalue weighted by Gasteiger charge is -2.36. The molecule has 1 aliphatic heterocycles. The van der Waals surface area contributed by atoms with E-state index >= 15 is 0 Å². The maximum absolute atomic E-state index is 13.8. The van der Waals surface area contributed by atoms with Crippen molar-refractivity contribution < 1.29 is 4.79 Å². The molecular formula is C28H32N4O. The van der Waals surface area contributed by atoms with Crippen LogP contribution in [0.15, 0.2) is 66.9 Å². The molecule has 2 heterocycles. The zero-order chi connectivity index (χ0) is 22.2. The Bertz CT molecular complexity index is 1110. The Morgan fingerprint density at radius 3 is 2.52 bits per heavy atom. The molecule has 2 bridgehead atoms. The number of aromatic nitrogens is 2. The highest BCUT2D eigenvalue weighted by molar-refractivity contribution is 5.93. The molecule has 4 atom stereocenters. The summed E-state index contributed by atoms with van der Waals surface area (Å²) in [5.74, 6) is 2.58. The average Bonchev–Trinajstić information content (AvgIpc) is 3.61. The van der Waals surface area contributed by atoms with Crippen molar-refractivity contribution in [2.24, 2.45) is 11.8 Å². The molecule has 0 radical (unpaired) electrons. The van der Waals surface area contributed by atoms with Gasteiger partial charge in [0.1, 0.15) is 11.5 Å². The number of hydrogen-bond acceptors (Lipinski definition) is 3. The van der Waals surface area contributed by atoms with Crippen LogP contribution < -0.4 is 5.32 Å². The molecule has 33 heavy (non-hydrogen) atoms. The Morgan fingerprint density at radius 2 is 1.79 bits per heavy atom. The van der Waals surface area contributed by atoms with Crippen molar-refractivity contribution in [1.29, 1.82) is 0 Å². The fraction of sp³-hybridized carbons (Fsp3) is 0.429. The Hall–Kier alpha value is -2.92. The van der Waals surface area contributed by atoms with Crippen LogP contribution in [0.4, 0.5) is 0 Å². The molecule has 3 fully saturated rings. The fourth-order valence-corrected chi connectivity index (χ4v) is 6.35. The second kappa shape index (κ2) is 8.79. The molecule has 5 nitrogen and oxygen atoms in total. The molecule has 2 unspecified atom stereocenters. The Morgan fingerprint density at radius 1 is 1.00 bits per heavy atom. The number of fused-ring (bicyclic) bond motifs is 2. The van der Waals surface area contributed by atoms with Crippen molar-refractivity contribution in [2.75, 3.05) is 19.6 Å². The number of carbonyl (C=O) groups is 1. The van der Waals surface area contributed by atoms with Crippen molar-refractivity contribution in [3.63, 3.8) is 0 Å². The minimum Gasteiger partial charge on any atom is -0.331 e. The van der Waals surface area contributed by atoms with E-state index in [0.717, 1.165) is 49.3 Å². The van der Waals surface area contributed by atoms with E-state index in [9.17, 15) is 4.79 Å². The van der Waals surface area contributed by atoms with Crippen LogP contribution in [0.5, 0.6) is 0 Å². The van der Waals surface area contributed by atoms with Crippen LogP contribution in [0.25, 0.3) is 11.4 Å². The maximum atomic E-state index is 13.8. The van der Waals surface area contributed by atoms with Crippen LogP contribution in [0.2, 0.25) is 0 Å². The Balaban J connectivity index is 1.32. The van der Waals surface area contributed by atoms with Crippen molar-refractivity contribution in [3.05, 3.63) is 78.1 Å². The molecule has 170 valence electrons. The molecule has 1 saturated heterocycles. The first-order valence-electron chi connectivity index (χ1n) is 12.5. The predicted molar refractivity (Wildman–Crippen MR) is 130 cm³/mol. The van der Waals surface area contributed by atoms with E-state index in [0.29, 0.717) is 11.7 Å². The summed E-state index contributed by atoms with van der Waals surface area (Å²) in [6.45, 7) is 2.37. The quantitative estimate of drug-likeness (QED) is 0.632. The molecule has 1 N–H and O–H groups in total. The lowest BCUT2D eigenvalue weighted by Crippen LogP contribution is -2.54. The third-order valence-electron chi connectivity index (χ3n) is 7.97. The number of nitrogens with zero attached hydrogens (tertiary/aromatic N) is 3. The highest BCUT2D eigenvalue weighted by Gasteiger charge is 2.42. The van der Waals surface area contributed by atoms with Gasteiger partial charge in [-0.15, -0.1) is 0 Å². The standard InChI is InChI=1S/C28H32N4O/c33-28(31-14-13-29-18-24(31)16-20-7-3-1-4-8-20)25-19-32(26-17-21-11-12-23(26)15-21)27(30-25)22-9-5-2-6-10-22/h1-10,19,21,23-24,26,29H,11-18H2/t21?,23?,24-,26-/m1/s1. The van der Waals surface area contributed by atoms with E-state index in [4.69, 9.17) is 4.98 Å². The second-order valence-corrected chi connectivity index (χ2v) is 10.0. The van der Waals surface area contributed by atoms with Gasteiger partial charge in [0.2, 0.25) is 0 Å². The molecule has 2 aliphatic carbocycles. The number of imidazole rings is 1. The van der Waals surface area contributed by atoms with E-state index < -0.39 is 0 Å². The van der Waals surface area contributed by atoms with Crippen LogP contribution in [0.1, 0.15) is 47.8 Å². The monoisotopic (exact) mass is 440 g/mol. The lowest BCUT2D eigenvalue weighted by molar-refractivity contribution is 0.0630. The largest absolute Gasteiger partial charge is 0.331 e. The summed E-state index contributed by atoms with van der Waals surface area (Å²) in [5.41, 5.74) is 2.96. The third-order valence-corrected chi connectivity index (χ3v) is 7.97. The first kappa shape index (κ1) is 20.7. The molecule has 5 heteroatoms. The fourth-order valence-electron chi connectivity index (χ4n) is 6.35. The molecule has 3 aromatic rings. The summed E-state index contributed by atoms with van der Waals surface area (Å²) in [5, 5.41) is 3.48. The predicted octanol–water partition coefficient (Wildman–Crippen LogP) is 4.57. The molecule has 1 amide bonds. The number of carbonyl (C=O) groups excluding carboxylic acids is 1. The van der Waals surface area contributed by atoms with E-state index in [-0.39, 0.29) is 11.9 Å². The van der Waals surface area contributed by atoms with Gasteiger partial charge in [0.15, 0.2) is 0 Å². The normalized spacial score (nSPS) is 26.6. The van der Waals surface area contributed by atoms with E-state index in [1.165, 1.54) is 31.2 Å². The molecule has 2 saturated carbocycles. The number of nitrogens with one attached hydrogen (secondary N) is 1. The number of amides is 1. The molecule has 6 rings (SSSR count). The maximum Gasteiger partial charge on any atom is 0.274 e. The van der Waals surface area contributed by atoms with Crippen molar-refractivity contribution in [3.8, 4) is 11.4 Å². The summed E-state index contributed by atoms with van der Waals surface area (Å²) >= 11 is 0. The average molecular weight is 441 g/mol. The van der Waals surface area contributed by atoms with Crippen LogP contribution in [-0.4, -0.2) is 46.0 Å². The third kappa shape index (κ3) is 3.99. The highest BCUT2D eigenvalue weighted by Crippen LogP contribution is 2.51. The summed E-state index contributed by atoms with van der Waals surface area (Å²) in [4.78, 5) is 20.8. The van der Waals surface area contributed by atoms with Gasteiger partial charge in [-0.3, -0.25) is 4.79 Å².